The molecule has 0 aromatic heterocycles. The summed E-state index contributed by atoms with van der Waals surface area (Å²) in [5.41, 5.74) is 1.71. The van der Waals surface area contributed by atoms with E-state index in [4.69, 9.17) is 0 Å². The highest BCUT2D eigenvalue weighted by molar-refractivity contribution is 8.00. The van der Waals surface area contributed by atoms with E-state index in [0.29, 0.717) is 11.3 Å². The number of carbonyl (C=O) groups is 2. The molecule has 2 rings (SSSR count). The Bertz CT molecular complexity index is 576. The SMILES string of the molecule is CCC(C)NC(=O)C1CSC(CC)N1C(=O)c1cccc(C)c1. The average Bonchev–Trinajstić information content (AvgIpc) is 2.97. The number of benzene rings is 1. The lowest BCUT2D eigenvalue weighted by atomic mass is 10.1. The van der Waals surface area contributed by atoms with Gasteiger partial charge >= 0.3 is 0 Å². The van der Waals surface area contributed by atoms with Crippen molar-refractivity contribution in [3.05, 3.63) is 35.4 Å². The molecule has 1 heterocycles. The van der Waals surface area contributed by atoms with Gasteiger partial charge in [0.25, 0.3) is 5.91 Å². The third kappa shape index (κ3) is 4.08. The van der Waals surface area contributed by atoms with Crippen LogP contribution in [0.2, 0.25) is 0 Å². The number of hydrogen-bond donors (Lipinski definition) is 1. The summed E-state index contributed by atoms with van der Waals surface area (Å²) in [5, 5.41) is 3.08. The van der Waals surface area contributed by atoms with Crippen molar-refractivity contribution in [3.8, 4) is 0 Å². The third-order valence-corrected chi connectivity index (χ3v) is 5.70. The van der Waals surface area contributed by atoms with Crippen molar-refractivity contribution in [1.29, 1.82) is 0 Å². The Hall–Kier alpha value is -1.49. The number of rotatable bonds is 5. The lowest BCUT2D eigenvalue weighted by Crippen LogP contribution is -2.51. The fraction of sp³-hybridized carbons (Fsp3) is 0.556. The average molecular weight is 334 g/mol. The minimum Gasteiger partial charge on any atom is -0.352 e. The zero-order valence-corrected chi connectivity index (χ0v) is 15.2. The van der Waals surface area contributed by atoms with Crippen LogP contribution in [0.15, 0.2) is 24.3 Å². The molecule has 1 aromatic rings. The second-order valence-corrected chi connectivity index (χ2v) is 7.32. The third-order valence-electron chi connectivity index (χ3n) is 4.24. The predicted octanol–water partition coefficient (Wildman–Crippen LogP) is 3.20. The van der Waals surface area contributed by atoms with Gasteiger partial charge in [-0.2, -0.15) is 0 Å². The lowest BCUT2D eigenvalue weighted by molar-refractivity contribution is -0.125. The van der Waals surface area contributed by atoms with Crippen LogP contribution < -0.4 is 5.32 Å². The van der Waals surface area contributed by atoms with E-state index in [1.54, 1.807) is 16.7 Å². The summed E-state index contributed by atoms with van der Waals surface area (Å²) in [4.78, 5) is 27.3. The standard InChI is InChI=1S/C18H26N2O2S/c1-5-13(4)19-17(21)15-11-23-16(6-2)20(15)18(22)14-9-7-8-12(3)10-14/h7-10,13,15-16H,5-6,11H2,1-4H3,(H,19,21). The van der Waals surface area contributed by atoms with Crippen molar-refractivity contribution < 1.29 is 9.59 Å². The van der Waals surface area contributed by atoms with Gasteiger partial charge in [-0.05, 0) is 38.8 Å². The van der Waals surface area contributed by atoms with Gasteiger partial charge in [-0.1, -0.05) is 31.5 Å². The number of carbonyl (C=O) groups excluding carboxylic acids is 2. The largest absolute Gasteiger partial charge is 0.352 e. The van der Waals surface area contributed by atoms with E-state index in [1.807, 2.05) is 45.0 Å². The Morgan fingerprint density at radius 1 is 1.39 bits per heavy atom. The maximum absolute atomic E-state index is 13.0. The Morgan fingerprint density at radius 2 is 2.13 bits per heavy atom. The Kier molecular flexibility index (Phi) is 6.10. The van der Waals surface area contributed by atoms with E-state index in [9.17, 15) is 9.59 Å². The summed E-state index contributed by atoms with van der Waals surface area (Å²) in [6.45, 7) is 8.06. The van der Waals surface area contributed by atoms with Crippen LogP contribution in [0.3, 0.4) is 0 Å². The molecule has 3 atom stereocenters. The molecular weight excluding hydrogens is 308 g/mol. The lowest BCUT2D eigenvalue weighted by Gasteiger charge is -2.29. The maximum Gasteiger partial charge on any atom is 0.255 e. The summed E-state index contributed by atoms with van der Waals surface area (Å²) < 4.78 is 0. The van der Waals surface area contributed by atoms with Crippen LogP contribution in [-0.4, -0.2) is 39.9 Å². The number of hydrogen-bond acceptors (Lipinski definition) is 3. The normalized spacial score (nSPS) is 22.0. The number of amides is 2. The van der Waals surface area contributed by atoms with Crippen LogP contribution in [-0.2, 0) is 4.79 Å². The van der Waals surface area contributed by atoms with Crippen molar-refractivity contribution in [2.24, 2.45) is 0 Å². The molecule has 1 N–H and O–H groups in total. The van der Waals surface area contributed by atoms with Crippen LogP contribution in [0.4, 0.5) is 0 Å². The highest BCUT2D eigenvalue weighted by Crippen LogP contribution is 2.32. The molecule has 1 fully saturated rings. The van der Waals surface area contributed by atoms with Gasteiger partial charge in [-0.3, -0.25) is 9.59 Å². The van der Waals surface area contributed by atoms with E-state index in [1.165, 1.54) is 0 Å². The van der Waals surface area contributed by atoms with E-state index in [-0.39, 0.29) is 29.3 Å². The van der Waals surface area contributed by atoms with Crippen LogP contribution in [0, 0.1) is 6.92 Å². The number of nitrogens with one attached hydrogen (secondary N) is 1. The van der Waals surface area contributed by atoms with Crippen LogP contribution in [0.5, 0.6) is 0 Å². The number of nitrogens with zero attached hydrogens (tertiary/aromatic N) is 1. The fourth-order valence-corrected chi connectivity index (χ4v) is 4.08. The molecule has 0 spiro atoms. The topological polar surface area (TPSA) is 49.4 Å². The molecule has 1 aliphatic rings. The number of aryl methyl sites for hydroxylation is 1. The van der Waals surface area contributed by atoms with Crippen molar-refractivity contribution >= 4 is 23.6 Å². The van der Waals surface area contributed by atoms with Crippen molar-refractivity contribution in [3.63, 3.8) is 0 Å². The van der Waals surface area contributed by atoms with Gasteiger partial charge in [0, 0.05) is 17.4 Å². The van der Waals surface area contributed by atoms with Gasteiger partial charge in [0.1, 0.15) is 6.04 Å². The maximum atomic E-state index is 13.0. The van der Waals surface area contributed by atoms with Crippen molar-refractivity contribution in [1.82, 2.24) is 10.2 Å². The summed E-state index contributed by atoms with van der Waals surface area (Å²) in [5.74, 6) is 0.580. The molecule has 126 valence electrons. The Morgan fingerprint density at radius 3 is 2.74 bits per heavy atom. The minimum absolute atomic E-state index is 0.0381. The first-order chi connectivity index (χ1) is 11.0. The van der Waals surface area contributed by atoms with Gasteiger partial charge in [0.15, 0.2) is 0 Å². The van der Waals surface area contributed by atoms with Crippen LogP contribution in [0.25, 0.3) is 0 Å². The zero-order valence-electron chi connectivity index (χ0n) is 14.3. The summed E-state index contributed by atoms with van der Waals surface area (Å²) in [6, 6.07) is 7.33. The van der Waals surface area contributed by atoms with Crippen molar-refractivity contribution in [2.45, 2.75) is 58.0 Å². The molecule has 0 bridgehead atoms. The summed E-state index contributed by atoms with van der Waals surface area (Å²) in [7, 11) is 0. The quantitative estimate of drug-likeness (QED) is 0.899. The first-order valence-corrected chi connectivity index (χ1v) is 9.34. The molecule has 2 amide bonds. The van der Waals surface area contributed by atoms with E-state index < -0.39 is 0 Å². The smallest absolute Gasteiger partial charge is 0.255 e. The minimum atomic E-state index is -0.382. The fourth-order valence-electron chi connectivity index (χ4n) is 2.72. The summed E-state index contributed by atoms with van der Waals surface area (Å²) in [6.07, 6.45) is 1.73. The second kappa shape index (κ2) is 7.86. The van der Waals surface area contributed by atoms with Crippen molar-refractivity contribution in [2.75, 3.05) is 5.75 Å². The first-order valence-electron chi connectivity index (χ1n) is 8.29. The zero-order chi connectivity index (χ0) is 17.0. The highest BCUT2D eigenvalue weighted by atomic mass is 32.2. The molecular formula is C18H26N2O2S. The molecule has 0 saturated carbocycles. The molecule has 3 unspecified atom stereocenters. The molecule has 5 heteroatoms. The first kappa shape index (κ1) is 17.9. The molecule has 4 nitrogen and oxygen atoms in total. The highest BCUT2D eigenvalue weighted by Gasteiger charge is 2.41. The monoisotopic (exact) mass is 334 g/mol. The van der Waals surface area contributed by atoms with Crippen LogP contribution in [0.1, 0.15) is 49.5 Å². The number of thioether (sulfide) groups is 1. The predicted molar refractivity (Wildman–Crippen MR) is 95.6 cm³/mol. The van der Waals surface area contributed by atoms with E-state index in [2.05, 4.69) is 12.2 Å². The molecule has 1 saturated heterocycles. The van der Waals surface area contributed by atoms with Gasteiger partial charge in [0.05, 0.1) is 5.37 Å². The molecule has 1 aliphatic heterocycles. The molecule has 0 radical (unpaired) electrons. The van der Waals surface area contributed by atoms with E-state index in [0.717, 1.165) is 18.4 Å². The van der Waals surface area contributed by atoms with Gasteiger partial charge in [-0.25, -0.2) is 0 Å². The molecule has 0 aliphatic carbocycles. The van der Waals surface area contributed by atoms with Gasteiger partial charge in [0.2, 0.25) is 5.91 Å². The van der Waals surface area contributed by atoms with Gasteiger partial charge in [-0.15, -0.1) is 11.8 Å². The molecule has 23 heavy (non-hydrogen) atoms. The molecule has 1 aromatic carbocycles. The van der Waals surface area contributed by atoms with Crippen LogP contribution >= 0.6 is 11.8 Å². The van der Waals surface area contributed by atoms with E-state index >= 15 is 0 Å². The Balaban J connectivity index is 2.23. The summed E-state index contributed by atoms with van der Waals surface area (Å²) >= 11 is 1.69. The second-order valence-electron chi connectivity index (χ2n) is 6.11. The van der Waals surface area contributed by atoms with Gasteiger partial charge < -0.3 is 10.2 Å². The Labute approximate surface area is 143 Å².